The number of ether oxygens (including phenoxy) is 2. The van der Waals surface area contributed by atoms with Gasteiger partial charge in [-0.25, -0.2) is 4.98 Å². The summed E-state index contributed by atoms with van der Waals surface area (Å²) < 4.78 is 11.1. The Morgan fingerprint density at radius 1 is 1.16 bits per heavy atom. The van der Waals surface area contributed by atoms with Gasteiger partial charge in [-0.05, 0) is 48.0 Å². The Bertz CT molecular complexity index is 1540. The number of hydrogen-bond donors (Lipinski definition) is 0. The molecule has 0 N–H and O–H groups in total. The van der Waals surface area contributed by atoms with E-state index in [1.807, 2.05) is 0 Å². The van der Waals surface area contributed by atoms with E-state index < -0.39 is 4.92 Å². The molecular weight excluding hydrogens is 514 g/mol. The molecule has 4 rings (SSSR count). The zero-order valence-electron chi connectivity index (χ0n) is 19.4. The number of nitro benzene ring substituents is 1. The third kappa shape index (κ3) is 6.19. The van der Waals surface area contributed by atoms with Crippen molar-refractivity contribution in [1.82, 2.24) is 4.98 Å². The highest BCUT2D eigenvalue weighted by atomic mass is 35.5. The van der Waals surface area contributed by atoms with Crippen LogP contribution in [0.3, 0.4) is 0 Å². The maximum Gasteiger partial charge on any atom is 0.270 e. The summed E-state index contributed by atoms with van der Waals surface area (Å²) in [4.78, 5) is 27.5. The van der Waals surface area contributed by atoms with Crippen LogP contribution < -0.4 is 9.47 Å². The molecule has 0 radical (unpaired) electrons. The average Bonchev–Trinajstić information content (AvgIpc) is 3.41. The molecule has 0 atom stereocenters. The van der Waals surface area contributed by atoms with Crippen LogP contribution in [0.1, 0.15) is 20.9 Å². The highest BCUT2D eigenvalue weighted by Crippen LogP contribution is 2.32. The minimum atomic E-state index is -0.467. The molecule has 8 nitrogen and oxygen atoms in total. The van der Waals surface area contributed by atoms with E-state index in [4.69, 9.17) is 21.1 Å². The molecule has 0 saturated carbocycles. The quantitative estimate of drug-likeness (QED) is 0.102. The molecule has 0 spiro atoms. The van der Waals surface area contributed by atoms with Crippen molar-refractivity contribution in [2.75, 3.05) is 13.7 Å². The maximum atomic E-state index is 12.4. The predicted molar refractivity (Wildman–Crippen MR) is 142 cm³/mol. The lowest BCUT2D eigenvalue weighted by Gasteiger charge is -2.11. The SMILES string of the molecule is COc1cc(C=C(C#N)c2nc(-c3cccc([N+](=O)[O-])c3)cs2)ccc1OCC(=O)c1ccc(Cl)cc1. The number of nitriles is 1. The molecule has 0 fully saturated rings. The van der Waals surface area contributed by atoms with E-state index in [1.165, 1.54) is 30.6 Å². The summed E-state index contributed by atoms with van der Waals surface area (Å²) in [5.41, 5.74) is 2.55. The summed E-state index contributed by atoms with van der Waals surface area (Å²) in [7, 11) is 1.48. The summed E-state index contributed by atoms with van der Waals surface area (Å²) >= 11 is 7.13. The molecule has 0 aliphatic rings. The van der Waals surface area contributed by atoms with Crippen molar-refractivity contribution in [3.05, 3.63) is 103 Å². The molecule has 0 saturated heterocycles. The second-order valence-corrected chi connectivity index (χ2v) is 8.94. The number of thiazole rings is 1. The number of nitrogens with zero attached hydrogens (tertiary/aromatic N) is 3. The van der Waals surface area contributed by atoms with Crippen LogP contribution in [0.15, 0.2) is 72.1 Å². The van der Waals surface area contributed by atoms with Crippen molar-refractivity contribution in [3.8, 4) is 28.8 Å². The molecule has 0 bridgehead atoms. The molecule has 184 valence electrons. The Hall–Kier alpha value is -4.52. The number of aromatic nitrogens is 1. The molecule has 0 aliphatic heterocycles. The van der Waals surface area contributed by atoms with Crippen LogP contribution in [0.25, 0.3) is 22.9 Å². The number of benzene rings is 3. The van der Waals surface area contributed by atoms with E-state index in [0.717, 1.165) is 0 Å². The van der Waals surface area contributed by atoms with Crippen molar-refractivity contribution in [2.45, 2.75) is 0 Å². The predicted octanol–water partition coefficient (Wildman–Crippen LogP) is 6.71. The van der Waals surface area contributed by atoms with Gasteiger partial charge in [0.1, 0.15) is 11.1 Å². The van der Waals surface area contributed by atoms with Crippen LogP contribution in [0.4, 0.5) is 5.69 Å². The zero-order valence-corrected chi connectivity index (χ0v) is 21.0. The van der Waals surface area contributed by atoms with Gasteiger partial charge in [0.15, 0.2) is 23.9 Å². The normalized spacial score (nSPS) is 11.0. The molecular formula is C27H18ClN3O5S. The van der Waals surface area contributed by atoms with Crippen molar-refractivity contribution in [2.24, 2.45) is 0 Å². The van der Waals surface area contributed by atoms with Gasteiger partial charge >= 0.3 is 0 Å². The Kier molecular flexibility index (Phi) is 7.93. The van der Waals surface area contributed by atoms with E-state index in [2.05, 4.69) is 11.1 Å². The van der Waals surface area contributed by atoms with Crippen molar-refractivity contribution in [1.29, 1.82) is 5.26 Å². The van der Waals surface area contributed by atoms with E-state index in [-0.39, 0.29) is 18.1 Å². The number of ketones is 1. The van der Waals surface area contributed by atoms with Crippen LogP contribution >= 0.6 is 22.9 Å². The van der Waals surface area contributed by atoms with Crippen LogP contribution in [0.2, 0.25) is 5.02 Å². The van der Waals surface area contributed by atoms with Crippen molar-refractivity contribution < 1.29 is 19.2 Å². The molecule has 0 unspecified atom stereocenters. The van der Waals surface area contributed by atoms with Crippen molar-refractivity contribution >= 4 is 46.1 Å². The fourth-order valence-corrected chi connectivity index (χ4v) is 4.29. The van der Waals surface area contributed by atoms with Crippen LogP contribution in [-0.2, 0) is 0 Å². The van der Waals surface area contributed by atoms with E-state index in [0.29, 0.717) is 49.5 Å². The summed E-state index contributed by atoms with van der Waals surface area (Å²) in [6.07, 6.45) is 1.65. The highest BCUT2D eigenvalue weighted by Gasteiger charge is 2.14. The number of methoxy groups -OCH3 is 1. The maximum absolute atomic E-state index is 12.4. The Morgan fingerprint density at radius 2 is 1.95 bits per heavy atom. The van der Waals surface area contributed by atoms with Gasteiger partial charge in [0.25, 0.3) is 5.69 Å². The third-order valence-electron chi connectivity index (χ3n) is 5.23. The second kappa shape index (κ2) is 11.5. The average molecular weight is 532 g/mol. The van der Waals surface area contributed by atoms with Gasteiger partial charge in [0.2, 0.25) is 0 Å². The lowest BCUT2D eigenvalue weighted by Crippen LogP contribution is -2.12. The molecule has 3 aromatic carbocycles. The Morgan fingerprint density at radius 3 is 2.65 bits per heavy atom. The lowest BCUT2D eigenvalue weighted by atomic mass is 10.1. The summed E-state index contributed by atoms with van der Waals surface area (Å²) in [5, 5.41) is 23.6. The van der Waals surface area contributed by atoms with Gasteiger partial charge in [-0.15, -0.1) is 11.3 Å². The molecule has 0 aliphatic carbocycles. The molecule has 4 aromatic rings. The number of Topliss-reactive ketones (excluding diaryl/α,β-unsaturated/α-hetero) is 1. The highest BCUT2D eigenvalue weighted by molar-refractivity contribution is 7.11. The third-order valence-corrected chi connectivity index (χ3v) is 6.36. The van der Waals surface area contributed by atoms with Gasteiger partial charge < -0.3 is 9.47 Å². The first-order chi connectivity index (χ1) is 17.9. The molecule has 0 amide bonds. The molecule has 1 aromatic heterocycles. The number of carbonyl (C=O) groups is 1. The Balaban J connectivity index is 1.52. The zero-order chi connectivity index (χ0) is 26.4. The molecule has 1 heterocycles. The topological polar surface area (TPSA) is 115 Å². The van der Waals surface area contributed by atoms with E-state index >= 15 is 0 Å². The summed E-state index contributed by atoms with van der Waals surface area (Å²) in [6.45, 7) is -0.184. The van der Waals surface area contributed by atoms with Crippen molar-refractivity contribution in [3.63, 3.8) is 0 Å². The first-order valence-electron chi connectivity index (χ1n) is 10.8. The van der Waals surface area contributed by atoms with Gasteiger partial charge in [-0.3, -0.25) is 14.9 Å². The van der Waals surface area contributed by atoms with Gasteiger partial charge in [0, 0.05) is 33.7 Å². The van der Waals surface area contributed by atoms with Crippen LogP contribution in [0, 0.1) is 21.4 Å². The monoisotopic (exact) mass is 531 g/mol. The Labute approximate surface area is 221 Å². The lowest BCUT2D eigenvalue weighted by molar-refractivity contribution is -0.384. The van der Waals surface area contributed by atoms with Gasteiger partial charge in [-0.1, -0.05) is 29.8 Å². The summed E-state index contributed by atoms with van der Waals surface area (Å²) in [6, 6.07) is 19.9. The minimum Gasteiger partial charge on any atom is -0.493 e. The second-order valence-electron chi connectivity index (χ2n) is 7.64. The first kappa shape index (κ1) is 25.6. The number of rotatable bonds is 9. The number of halogens is 1. The van der Waals surface area contributed by atoms with E-state index in [1.54, 1.807) is 66.1 Å². The molecule has 10 heteroatoms. The molecule has 37 heavy (non-hydrogen) atoms. The standard InChI is InChI=1S/C27H18ClN3O5S/c1-35-26-12-17(5-10-25(26)36-15-24(32)18-6-8-21(28)9-7-18)11-20(14-29)27-30-23(16-37-27)19-3-2-4-22(13-19)31(33)34/h2-13,16H,15H2,1H3. The smallest absolute Gasteiger partial charge is 0.270 e. The summed E-state index contributed by atoms with van der Waals surface area (Å²) in [5.74, 6) is 0.562. The number of non-ortho nitro benzene ring substituents is 1. The van der Waals surface area contributed by atoms with Crippen LogP contribution in [0.5, 0.6) is 11.5 Å². The fourth-order valence-electron chi connectivity index (χ4n) is 3.37. The number of hydrogen-bond acceptors (Lipinski definition) is 8. The van der Waals surface area contributed by atoms with E-state index in [9.17, 15) is 20.2 Å². The fraction of sp³-hybridized carbons (Fsp3) is 0.0741. The number of carbonyl (C=O) groups excluding carboxylic acids is 1. The van der Waals surface area contributed by atoms with Crippen LogP contribution in [-0.4, -0.2) is 29.4 Å². The number of allylic oxidation sites excluding steroid dienone is 1. The number of nitro groups is 1. The van der Waals surface area contributed by atoms with Gasteiger partial charge in [-0.2, -0.15) is 5.26 Å². The van der Waals surface area contributed by atoms with Gasteiger partial charge in [0.05, 0.1) is 23.3 Å². The first-order valence-corrected chi connectivity index (χ1v) is 12.1. The largest absolute Gasteiger partial charge is 0.493 e. The minimum absolute atomic E-state index is 0.0348.